The molecule has 0 bridgehead atoms. The number of carbonyl (C=O) groups is 2. The summed E-state index contributed by atoms with van der Waals surface area (Å²) >= 11 is 0. The molecule has 0 aromatic rings. The fourth-order valence-electron chi connectivity index (χ4n) is 0.629. The minimum Gasteiger partial charge on any atom is -0.463 e. The van der Waals surface area contributed by atoms with E-state index in [1.165, 1.54) is 6.07 Å². The van der Waals surface area contributed by atoms with Gasteiger partial charge in [0.2, 0.25) is 0 Å². The fourth-order valence-corrected chi connectivity index (χ4v) is 0.629. The molecule has 5 heteroatoms. The van der Waals surface area contributed by atoms with Gasteiger partial charge in [0, 0.05) is 0 Å². The molecule has 0 aliphatic heterocycles. The Bertz CT molecular complexity index is 290. The predicted molar refractivity (Wildman–Crippen MR) is 51.6 cm³/mol. The van der Waals surface area contributed by atoms with Crippen LogP contribution in [0.2, 0.25) is 0 Å². The third kappa shape index (κ3) is 6.27. The van der Waals surface area contributed by atoms with Gasteiger partial charge in [-0.05, 0) is 6.42 Å². The van der Waals surface area contributed by atoms with Gasteiger partial charge in [0.1, 0.15) is 11.6 Å². The first kappa shape index (κ1) is 13.2. The van der Waals surface area contributed by atoms with E-state index in [0.717, 1.165) is 12.8 Å². The number of rotatable bonds is 6. The van der Waals surface area contributed by atoms with E-state index in [4.69, 9.17) is 10.00 Å². The standard InChI is InChI=1S/C10H13NO4/c1-3-4-5-14-9(12)7-15-10(13)8(2)6-11/h2-5,7H2,1H3. The van der Waals surface area contributed by atoms with Crippen molar-refractivity contribution in [3.8, 4) is 6.07 Å². The summed E-state index contributed by atoms with van der Waals surface area (Å²) in [5.74, 6) is -1.52. The first-order valence-corrected chi connectivity index (χ1v) is 4.53. The van der Waals surface area contributed by atoms with Crippen molar-refractivity contribution in [2.75, 3.05) is 13.2 Å². The smallest absolute Gasteiger partial charge is 0.348 e. The van der Waals surface area contributed by atoms with Crippen LogP contribution in [0.5, 0.6) is 0 Å². The van der Waals surface area contributed by atoms with Gasteiger partial charge in [-0.25, -0.2) is 9.59 Å². The van der Waals surface area contributed by atoms with Crippen molar-refractivity contribution in [3.63, 3.8) is 0 Å². The summed E-state index contributed by atoms with van der Waals surface area (Å²) in [6, 6.07) is 1.52. The summed E-state index contributed by atoms with van der Waals surface area (Å²) in [6.45, 7) is 4.93. The summed E-state index contributed by atoms with van der Waals surface area (Å²) in [7, 11) is 0. The van der Waals surface area contributed by atoms with Crippen LogP contribution in [-0.2, 0) is 19.1 Å². The Hall–Kier alpha value is -1.83. The lowest BCUT2D eigenvalue weighted by Gasteiger charge is -2.04. The number of nitriles is 1. The highest BCUT2D eigenvalue weighted by Gasteiger charge is 2.10. The van der Waals surface area contributed by atoms with E-state index in [1.807, 2.05) is 6.92 Å². The van der Waals surface area contributed by atoms with Gasteiger partial charge >= 0.3 is 11.9 Å². The van der Waals surface area contributed by atoms with Crippen LogP contribution in [0, 0.1) is 11.3 Å². The van der Waals surface area contributed by atoms with Crippen LogP contribution in [0.25, 0.3) is 0 Å². The third-order valence-corrected chi connectivity index (χ3v) is 1.46. The third-order valence-electron chi connectivity index (χ3n) is 1.46. The lowest BCUT2D eigenvalue weighted by atomic mass is 10.3. The van der Waals surface area contributed by atoms with Crippen molar-refractivity contribution in [3.05, 3.63) is 12.2 Å². The highest BCUT2D eigenvalue weighted by Crippen LogP contribution is 1.94. The van der Waals surface area contributed by atoms with Gasteiger partial charge in [0.15, 0.2) is 6.61 Å². The molecule has 0 radical (unpaired) electrons. The predicted octanol–water partition coefficient (Wildman–Crippen LogP) is 0.953. The van der Waals surface area contributed by atoms with Gasteiger partial charge < -0.3 is 9.47 Å². The van der Waals surface area contributed by atoms with Crippen molar-refractivity contribution in [2.24, 2.45) is 0 Å². The van der Waals surface area contributed by atoms with E-state index in [-0.39, 0.29) is 5.57 Å². The van der Waals surface area contributed by atoms with Crippen LogP contribution in [0.15, 0.2) is 12.2 Å². The van der Waals surface area contributed by atoms with Gasteiger partial charge in [-0.3, -0.25) is 0 Å². The Kier molecular flexibility index (Phi) is 6.64. The Morgan fingerprint density at radius 1 is 1.40 bits per heavy atom. The zero-order chi connectivity index (χ0) is 11.7. The Balaban J connectivity index is 3.68. The summed E-state index contributed by atoms with van der Waals surface area (Å²) in [6.07, 6.45) is 1.68. The molecule has 0 aliphatic carbocycles. The van der Waals surface area contributed by atoms with Crippen LogP contribution in [0.3, 0.4) is 0 Å². The number of nitrogens with zero attached hydrogens (tertiary/aromatic N) is 1. The van der Waals surface area contributed by atoms with Crippen LogP contribution < -0.4 is 0 Å². The Morgan fingerprint density at radius 2 is 2.07 bits per heavy atom. The maximum Gasteiger partial charge on any atom is 0.348 e. The minimum atomic E-state index is -0.898. The molecule has 0 aliphatic rings. The molecule has 0 N–H and O–H groups in total. The van der Waals surface area contributed by atoms with Crippen LogP contribution in [0.1, 0.15) is 19.8 Å². The molecule has 0 atom stereocenters. The Morgan fingerprint density at radius 3 is 2.60 bits per heavy atom. The first-order chi connectivity index (χ1) is 7.11. The minimum absolute atomic E-state index is 0.312. The number of esters is 2. The quantitative estimate of drug-likeness (QED) is 0.283. The van der Waals surface area contributed by atoms with E-state index in [2.05, 4.69) is 11.3 Å². The van der Waals surface area contributed by atoms with Crippen molar-refractivity contribution in [2.45, 2.75) is 19.8 Å². The van der Waals surface area contributed by atoms with Crippen molar-refractivity contribution in [1.82, 2.24) is 0 Å². The van der Waals surface area contributed by atoms with Crippen molar-refractivity contribution in [1.29, 1.82) is 5.26 Å². The monoisotopic (exact) mass is 211 g/mol. The number of ether oxygens (including phenoxy) is 2. The molecule has 0 amide bonds. The molecule has 15 heavy (non-hydrogen) atoms. The van der Waals surface area contributed by atoms with Gasteiger partial charge in [0.25, 0.3) is 0 Å². The summed E-state index contributed by atoms with van der Waals surface area (Å²) < 4.78 is 9.17. The molecule has 0 saturated heterocycles. The van der Waals surface area contributed by atoms with Crippen LogP contribution >= 0.6 is 0 Å². The molecule has 0 rings (SSSR count). The van der Waals surface area contributed by atoms with Gasteiger partial charge in [-0.1, -0.05) is 19.9 Å². The number of hydrogen-bond donors (Lipinski definition) is 0. The maximum atomic E-state index is 10.9. The summed E-state index contributed by atoms with van der Waals surface area (Å²) in [5, 5.41) is 8.28. The SMILES string of the molecule is C=C(C#N)C(=O)OCC(=O)OCCCC. The molecule has 0 aromatic carbocycles. The molecule has 0 fully saturated rings. The highest BCUT2D eigenvalue weighted by atomic mass is 16.6. The molecule has 0 heterocycles. The normalized spacial score (nSPS) is 8.80. The van der Waals surface area contributed by atoms with E-state index in [9.17, 15) is 9.59 Å². The second kappa shape index (κ2) is 7.56. The maximum absolute atomic E-state index is 10.9. The second-order valence-electron chi connectivity index (χ2n) is 2.74. The van der Waals surface area contributed by atoms with Gasteiger partial charge in [0.05, 0.1) is 6.61 Å². The van der Waals surface area contributed by atoms with Gasteiger partial charge in [-0.2, -0.15) is 5.26 Å². The summed E-state index contributed by atoms with van der Waals surface area (Å²) in [4.78, 5) is 21.8. The van der Waals surface area contributed by atoms with E-state index in [0.29, 0.717) is 6.61 Å². The molecule has 82 valence electrons. The topological polar surface area (TPSA) is 76.4 Å². The molecule has 0 aromatic heterocycles. The molecule has 0 spiro atoms. The number of unbranched alkanes of at least 4 members (excludes halogenated alkanes) is 1. The van der Waals surface area contributed by atoms with E-state index >= 15 is 0 Å². The average molecular weight is 211 g/mol. The largest absolute Gasteiger partial charge is 0.463 e. The Labute approximate surface area is 88.3 Å². The zero-order valence-corrected chi connectivity index (χ0v) is 8.62. The van der Waals surface area contributed by atoms with Crippen LogP contribution in [-0.4, -0.2) is 25.2 Å². The van der Waals surface area contributed by atoms with E-state index in [1.54, 1.807) is 0 Å². The highest BCUT2D eigenvalue weighted by molar-refractivity contribution is 5.93. The lowest BCUT2D eigenvalue weighted by Crippen LogP contribution is -2.17. The molecule has 0 unspecified atom stereocenters. The first-order valence-electron chi connectivity index (χ1n) is 4.53. The lowest BCUT2D eigenvalue weighted by molar-refractivity contribution is -0.156. The molecule has 5 nitrogen and oxygen atoms in total. The molecular weight excluding hydrogens is 198 g/mol. The van der Waals surface area contributed by atoms with Crippen molar-refractivity contribution < 1.29 is 19.1 Å². The second-order valence-corrected chi connectivity index (χ2v) is 2.74. The fraction of sp³-hybridized carbons (Fsp3) is 0.500. The zero-order valence-electron chi connectivity index (χ0n) is 8.62. The van der Waals surface area contributed by atoms with Crippen molar-refractivity contribution >= 4 is 11.9 Å². The van der Waals surface area contributed by atoms with Gasteiger partial charge in [-0.15, -0.1) is 0 Å². The molecule has 0 saturated carbocycles. The van der Waals surface area contributed by atoms with Crippen LogP contribution in [0.4, 0.5) is 0 Å². The van der Waals surface area contributed by atoms with E-state index < -0.39 is 18.5 Å². The average Bonchev–Trinajstić information content (AvgIpc) is 2.25. The summed E-state index contributed by atoms with van der Waals surface area (Å²) in [5.41, 5.74) is -0.337. The molecular formula is C10H13NO4. The number of carbonyl (C=O) groups excluding carboxylic acids is 2. The number of hydrogen-bond acceptors (Lipinski definition) is 5.